The molecular weight excluding hydrogens is 222 g/mol. The lowest BCUT2D eigenvalue weighted by atomic mass is 9.88. The summed E-state index contributed by atoms with van der Waals surface area (Å²) >= 11 is 0. The number of rotatable bonds is 10. The first kappa shape index (κ1) is 16.0. The highest BCUT2D eigenvalue weighted by Crippen LogP contribution is 2.32. The molecule has 0 aromatic carbocycles. The van der Waals surface area contributed by atoms with Gasteiger partial charge in [0.2, 0.25) is 0 Å². The van der Waals surface area contributed by atoms with E-state index in [9.17, 15) is 0 Å². The van der Waals surface area contributed by atoms with Gasteiger partial charge in [0.05, 0.1) is 0 Å². The minimum absolute atomic E-state index is 0.606. The summed E-state index contributed by atoms with van der Waals surface area (Å²) in [5.41, 5.74) is 0. The highest BCUT2D eigenvalue weighted by Gasteiger charge is 2.24. The average Bonchev–Trinajstić information content (AvgIpc) is 2.86. The van der Waals surface area contributed by atoms with E-state index in [2.05, 4.69) is 26.1 Å². The van der Waals surface area contributed by atoms with E-state index in [1.165, 1.54) is 51.5 Å². The van der Waals surface area contributed by atoms with E-state index in [1.54, 1.807) is 0 Å². The maximum atomic E-state index is 5.74. The average molecular weight is 255 g/mol. The van der Waals surface area contributed by atoms with Gasteiger partial charge in [0.15, 0.2) is 0 Å². The molecule has 0 heterocycles. The van der Waals surface area contributed by atoms with Crippen molar-refractivity contribution < 1.29 is 4.74 Å². The first-order valence-corrected chi connectivity index (χ1v) is 8.05. The van der Waals surface area contributed by atoms with E-state index in [0.717, 1.165) is 25.0 Å². The summed E-state index contributed by atoms with van der Waals surface area (Å²) in [6.07, 6.45) is 9.46. The number of hydrogen-bond acceptors (Lipinski definition) is 2. The van der Waals surface area contributed by atoms with E-state index in [1.807, 2.05) is 0 Å². The van der Waals surface area contributed by atoms with Gasteiger partial charge in [0.1, 0.15) is 0 Å². The van der Waals surface area contributed by atoms with Crippen LogP contribution >= 0.6 is 0 Å². The van der Waals surface area contributed by atoms with E-state index >= 15 is 0 Å². The molecule has 1 rings (SSSR count). The van der Waals surface area contributed by atoms with Gasteiger partial charge in [0, 0.05) is 19.3 Å². The molecule has 108 valence electrons. The Bertz CT molecular complexity index is 188. The molecule has 1 fully saturated rings. The van der Waals surface area contributed by atoms with Crippen LogP contribution in [0.3, 0.4) is 0 Å². The second kappa shape index (κ2) is 9.80. The van der Waals surface area contributed by atoms with Gasteiger partial charge in [0.25, 0.3) is 0 Å². The molecule has 0 bridgehead atoms. The fourth-order valence-electron chi connectivity index (χ4n) is 2.90. The third kappa shape index (κ3) is 6.75. The van der Waals surface area contributed by atoms with Gasteiger partial charge in [-0.3, -0.25) is 0 Å². The molecule has 0 amide bonds. The lowest BCUT2D eigenvalue weighted by Crippen LogP contribution is -2.32. The minimum atomic E-state index is 0.606. The first-order valence-electron chi connectivity index (χ1n) is 8.05. The molecule has 1 atom stereocenters. The lowest BCUT2D eigenvalue weighted by Gasteiger charge is -2.25. The van der Waals surface area contributed by atoms with Crippen molar-refractivity contribution >= 4 is 0 Å². The van der Waals surface area contributed by atoms with Crippen LogP contribution in [0.4, 0.5) is 0 Å². The largest absolute Gasteiger partial charge is 0.381 e. The normalized spacial score (nSPS) is 18.7. The summed E-state index contributed by atoms with van der Waals surface area (Å²) < 4.78 is 5.74. The summed E-state index contributed by atoms with van der Waals surface area (Å²) in [5, 5.41) is 3.62. The molecule has 18 heavy (non-hydrogen) atoms. The second-order valence-corrected chi connectivity index (χ2v) is 6.12. The van der Waals surface area contributed by atoms with Crippen molar-refractivity contribution in [2.75, 3.05) is 19.8 Å². The monoisotopic (exact) mass is 255 g/mol. The van der Waals surface area contributed by atoms with Gasteiger partial charge < -0.3 is 10.1 Å². The van der Waals surface area contributed by atoms with Crippen LogP contribution in [0, 0.1) is 11.8 Å². The topological polar surface area (TPSA) is 21.3 Å². The quantitative estimate of drug-likeness (QED) is 0.596. The predicted octanol–water partition coefficient (Wildman–Crippen LogP) is 4.00. The zero-order valence-electron chi connectivity index (χ0n) is 12.7. The lowest BCUT2D eigenvalue weighted by molar-refractivity contribution is 0.107. The van der Waals surface area contributed by atoms with Crippen LogP contribution < -0.4 is 5.32 Å². The Balaban J connectivity index is 2.20. The number of ether oxygens (including phenoxy) is 1. The second-order valence-electron chi connectivity index (χ2n) is 6.12. The van der Waals surface area contributed by atoms with Crippen molar-refractivity contribution in [3.63, 3.8) is 0 Å². The molecule has 0 aromatic heterocycles. The molecule has 1 unspecified atom stereocenters. The van der Waals surface area contributed by atoms with Crippen molar-refractivity contribution in [2.45, 2.75) is 71.8 Å². The van der Waals surface area contributed by atoms with Crippen LogP contribution in [0.2, 0.25) is 0 Å². The maximum Gasteiger partial charge on any atom is 0.0469 e. The highest BCUT2D eigenvalue weighted by molar-refractivity contribution is 4.77. The SMILES string of the molecule is CCCCOCCC(CNC(C)C)C1CCCC1. The highest BCUT2D eigenvalue weighted by atomic mass is 16.5. The smallest absolute Gasteiger partial charge is 0.0469 e. The summed E-state index contributed by atoms with van der Waals surface area (Å²) in [6.45, 7) is 9.79. The van der Waals surface area contributed by atoms with Crippen LogP contribution in [0.1, 0.15) is 65.7 Å². The fraction of sp³-hybridized carbons (Fsp3) is 1.00. The third-order valence-electron chi connectivity index (χ3n) is 4.13. The Morgan fingerprint density at radius 2 is 1.89 bits per heavy atom. The zero-order chi connectivity index (χ0) is 13.2. The molecule has 0 aliphatic heterocycles. The summed E-state index contributed by atoms with van der Waals surface area (Å²) in [7, 11) is 0. The molecule has 1 aliphatic carbocycles. The maximum absolute atomic E-state index is 5.74. The Labute approximate surface area is 114 Å². The van der Waals surface area contributed by atoms with E-state index in [4.69, 9.17) is 4.74 Å². The van der Waals surface area contributed by atoms with Gasteiger partial charge in [-0.05, 0) is 31.2 Å². The van der Waals surface area contributed by atoms with Crippen molar-refractivity contribution in [1.29, 1.82) is 0 Å². The summed E-state index contributed by atoms with van der Waals surface area (Å²) in [5.74, 6) is 1.78. The van der Waals surface area contributed by atoms with Crippen LogP contribution in [0.25, 0.3) is 0 Å². The molecule has 1 N–H and O–H groups in total. The number of unbranched alkanes of at least 4 members (excludes halogenated alkanes) is 1. The third-order valence-corrected chi connectivity index (χ3v) is 4.13. The molecule has 0 spiro atoms. The first-order chi connectivity index (χ1) is 8.74. The van der Waals surface area contributed by atoms with Gasteiger partial charge in [-0.1, -0.05) is 52.9 Å². The van der Waals surface area contributed by atoms with Gasteiger partial charge in [-0.25, -0.2) is 0 Å². The molecule has 2 heteroatoms. The molecular formula is C16H33NO. The molecule has 1 aliphatic rings. The Morgan fingerprint density at radius 3 is 2.50 bits per heavy atom. The molecule has 0 saturated heterocycles. The van der Waals surface area contributed by atoms with Gasteiger partial charge >= 0.3 is 0 Å². The van der Waals surface area contributed by atoms with Crippen molar-refractivity contribution in [3.05, 3.63) is 0 Å². The number of nitrogens with one attached hydrogen (secondary N) is 1. The summed E-state index contributed by atoms with van der Waals surface area (Å²) in [4.78, 5) is 0. The molecule has 2 nitrogen and oxygen atoms in total. The predicted molar refractivity (Wildman–Crippen MR) is 78.9 cm³/mol. The van der Waals surface area contributed by atoms with Crippen molar-refractivity contribution in [1.82, 2.24) is 5.32 Å². The van der Waals surface area contributed by atoms with Crippen LogP contribution in [-0.2, 0) is 4.74 Å². The van der Waals surface area contributed by atoms with Gasteiger partial charge in [-0.15, -0.1) is 0 Å². The Hall–Kier alpha value is -0.0800. The molecule has 0 radical (unpaired) electrons. The Morgan fingerprint density at radius 1 is 1.17 bits per heavy atom. The van der Waals surface area contributed by atoms with Crippen LogP contribution in [0.5, 0.6) is 0 Å². The van der Waals surface area contributed by atoms with E-state index in [-0.39, 0.29) is 0 Å². The summed E-state index contributed by atoms with van der Waals surface area (Å²) in [6, 6.07) is 0.606. The van der Waals surface area contributed by atoms with Crippen LogP contribution in [0.15, 0.2) is 0 Å². The van der Waals surface area contributed by atoms with E-state index in [0.29, 0.717) is 6.04 Å². The molecule has 1 saturated carbocycles. The van der Waals surface area contributed by atoms with E-state index < -0.39 is 0 Å². The fourth-order valence-corrected chi connectivity index (χ4v) is 2.90. The molecule has 0 aromatic rings. The Kier molecular flexibility index (Phi) is 8.70. The van der Waals surface area contributed by atoms with Crippen LogP contribution in [-0.4, -0.2) is 25.8 Å². The van der Waals surface area contributed by atoms with Gasteiger partial charge in [-0.2, -0.15) is 0 Å². The zero-order valence-corrected chi connectivity index (χ0v) is 12.7. The minimum Gasteiger partial charge on any atom is -0.381 e. The van der Waals surface area contributed by atoms with Crippen molar-refractivity contribution in [3.8, 4) is 0 Å². The van der Waals surface area contributed by atoms with Crippen molar-refractivity contribution in [2.24, 2.45) is 11.8 Å². The number of hydrogen-bond donors (Lipinski definition) is 1. The standard InChI is InChI=1S/C16H33NO/c1-4-5-11-18-12-10-16(13-17-14(2)3)15-8-6-7-9-15/h14-17H,4-13H2,1-3H3.